The van der Waals surface area contributed by atoms with E-state index in [0.29, 0.717) is 0 Å². The van der Waals surface area contributed by atoms with Gasteiger partial charge in [-0.1, -0.05) is 0 Å². The number of aryl methyl sites for hydroxylation is 1. The van der Waals surface area contributed by atoms with E-state index in [1.807, 2.05) is 0 Å². The highest BCUT2D eigenvalue weighted by atomic mass is 16.5. The van der Waals surface area contributed by atoms with Crippen LogP contribution < -0.4 is 16.4 Å². The molecule has 1 amide bonds. The zero-order chi connectivity index (χ0) is 15.2. The molecule has 7 heteroatoms. The lowest BCUT2D eigenvalue weighted by Crippen LogP contribution is -2.41. The topological polar surface area (TPSA) is 93.2 Å². The lowest BCUT2D eigenvalue weighted by molar-refractivity contribution is -0.122. The fourth-order valence-corrected chi connectivity index (χ4v) is 2.65. The van der Waals surface area contributed by atoms with E-state index in [9.17, 15) is 14.4 Å². The van der Waals surface area contributed by atoms with Crippen LogP contribution in [-0.2, 0) is 16.1 Å². The molecule has 0 bridgehead atoms. The minimum absolute atomic E-state index is 0.107. The minimum atomic E-state index is -0.673. The third kappa shape index (κ3) is 4.29. The van der Waals surface area contributed by atoms with E-state index in [1.165, 1.54) is 17.0 Å². The summed E-state index contributed by atoms with van der Waals surface area (Å²) in [6.07, 6.45) is 7.10. The Balaban J connectivity index is 1.83. The smallest absolute Gasteiger partial charge is 0.316 e. The van der Waals surface area contributed by atoms with Crippen LogP contribution in [0.1, 0.15) is 32.1 Å². The first kappa shape index (κ1) is 15.5. The largest absolute Gasteiger partial charge is 0.381 e. The zero-order valence-corrected chi connectivity index (χ0v) is 12.1. The summed E-state index contributed by atoms with van der Waals surface area (Å²) in [7, 11) is 1.69. The quantitative estimate of drug-likeness (QED) is 0.748. The minimum Gasteiger partial charge on any atom is -0.381 e. The number of rotatable bonds is 5. The Morgan fingerprint density at radius 1 is 1.48 bits per heavy atom. The number of carbonyl (C=O) groups excluding carboxylic acids is 1. The average molecular weight is 295 g/mol. The van der Waals surface area contributed by atoms with E-state index in [1.54, 1.807) is 7.11 Å². The predicted octanol–water partition coefficient (Wildman–Crippen LogP) is 0.000500. The van der Waals surface area contributed by atoms with Crippen molar-refractivity contribution >= 4 is 5.91 Å². The molecule has 116 valence electrons. The molecule has 0 aromatic carbocycles. The molecule has 21 heavy (non-hydrogen) atoms. The van der Waals surface area contributed by atoms with Gasteiger partial charge in [0, 0.05) is 38.5 Å². The number of aromatic amines is 1. The van der Waals surface area contributed by atoms with Crippen molar-refractivity contribution < 1.29 is 9.53 Å². The molecule has 1 saturated carbocycles. The van der Waals surface area contributed by atoms with Gasteiger partial charge >= 0.3 is 11.1 Å². The normalized spacial score (nSPS) is 22.0. The summed E-state index contributed by atoms with van der Waals surface area (Å²) in [4.78, 5) is 36.9. The Kier molecular flexibility index (Phi) is 5.32. The van der Waals surface area contributed by atoms with E-state index < -0.39 is 11.1 Å². The number of H-pyrrole nitrogens is 1. The van der Waals surface area contributed by atoms with Crippen LogP contribution in [0.15, 0.2) is 22.0 Å². The number of nitrogens with one attached hydrogen (secondary N) is 2. The summed E-state index contributed by atoms with van der Waals surface area (Å²) in [5.74, 6) is -0.107. The van der Waals surface area contributed by atoms with Crippen molar-refractivity contribution in [1.29, 1.82) is 0 Å². The molecule has 2 unspecified atom stereocenters. The Labute approximate surface area is 122 Å². The van der Waals surface area contributed by atoms with Crippen LogP contribution in [0.3, 0.4) is 0 Å². The monoisotopic (exact) mass is 295 g/mol. The second-order valence-electron chi connectivity index (χ2n) is 5.33. The fourth-order valence-electron chi connectivity index (χ4n) is 2.65. The van der Waals surface area contributed by atoms with Gasteiger partial charge in [0.1, 0.15) is 0 Å². The SMILES string of the molecule is COC1CCCC(NC(=O)CCn2cc[nH]c(=O)c2=O)C1. The lowest BCUT2D eigenvalue weighted by Gasteiger charge is -2.28. The highest BCUT2D eigenvalue weighted by Gasteiger charge is 2.22. The van der Waals surface area contributed by atoms with E-state index >= 15 is 0 Å². The molecule has 0 saturated heterocycles. The fraction of sp³-hybridized carbons (Fsp3) is 0.643. The first-order chi connectivity index (χ1) is 10.1. The zero-order valence-electron chi connectivity index (χ0n) is 12.1. The van der Waals surface area contributed by atoms with Gasteiger partial charge in [-0.3, -0.25) is 14.4 Å². The Hall–Kier alpha value is -1.89. The first-order valence-electron chi connectivity index (χ1n) is 7.20. The lowest BCUT2D eigenvalue weighted by atomic mass is 9.93. The van der Waals surface area contributed by atoms with Gasteiger partial charge in [-0.05, 0) is 25.7 Å². The molecule has 1 aliphatic rings. The maximum absolute atomic E-state index is 11.9. The van der Waals surface area contributed by atoms with E-state index in [2.05, 4.69) is 10.3 Å². The van der Waals surface area contributed by atoms with E-state index in [-0.39, 0.29) is 31.0 Å². The van der Waals surface area contributed by atoms with Crippen molar-refractivity contribution in [2.45, 2.75) is 50.8 Å². The molecular formula is C14H21N3O4. The summed E-state index contributed by atoms with van der Waals surface area (Å²) in [5, 5.41) is 2.97. The second-order valence-corrected chi connectivity index (χ2v) is 5.33. The van der Waals surface area contributed by atoms with Gasteiger partial charge in [0.05, 0.1) is 6.10 Å². The van der Waals surface area contributed by atoms with Crippen LogP contribution in [-0.4, -0.2) is 34.7 Å². The molecule has 0 radical (unpaired) electrons. The maximum Gasteiger partial charge on any atom is 0.316 e. The summed E-state index contributed by atoms with van der Waals surface area (Å²) in [6, 6.07) is 0.132. The van der Waals surface area contributed by atoms with Crippen molar-refractivity contribution in [3.05, 3.63) is 33.1 Å². The van der Waals surface area contributed by atoms with Crippen molar-refractivity contribution in [1.82, 2.24) is 14.9 Å². The number of hydrogen-bond donors (Lipinski definition) is 2. The molecule has 1 aromatic heterocycles. The number of aromatic nitrogens is 2. The molecule has 1 aromatic rings. The Bertz CT molecular complexity index is 592. The van der Waals surface area contributed by atoms with Gasteiger partial charge < -0.3 is 19.6 Å². The van der Waals surface area contributed by atoms with E-state index in [0.717, 1.165) is 25.7 Å². The van der Waals surface area contributed by atoms with Gasteiger partial charge in [-0.2, -0.15) is 0 Å². The molecule has 1 heterocycles. The molecule has 7 nitrogen and oxygen atoms in total. The van der Waals surface area contributed by atoms with Crippen LogP contribution >= 0.6 is 0 Å². The third-order valence-electron chi connectivity index (χ3n) is 3.83. The average Bonchev–Trinajstić information content (AvgIpc) is 2.49. The number of hydrogen-bond acceptors (Lipinski definition) is 4. The molecule has 0 spiro atoms. The van der Waals surface area contributed by atoms with Gasteiger partial charge in [0.15, 0.2) is 0 Å². The first-order valence-corrected chi connectivity index (χ1v) is 7.20. The standard InChI is InChI=1S/C14H21N3O4/c1-21-11-4-2-3-10(9-11)16-12(18)5-7-17-8-6-15-13(19)14(17)20/h6,8,10-11H,2-5,7,9H2,1H3,(H,15,19)(H,16,18). The molecule has 2 rings (SSSR count). The molecule has 1 aliphatic carbocycles. The predicted molar refractivity (Wildman–Crippen MR) is 77.1 cm³/mol. The van der Waals surface area contributed by atoms with Crippen LogP contribution in [0.4, 0.5) is 0 Å². The molecular weight excluding hydrogens is 274 g/mol. The number of ether oxygens (including phenoxy) is 1. The van der Waals surface area contributed by atoms with Crippen LogP contribution in [0.5, 0.6) is 0 Å². The van der Waals surface area contributed by atoms with Crippen LogP contribution in [0.2, 0.25) is 0 Å². The number of carbonyl (C=O) groups is 1. The van der Waals surface area contributed by atoms with Crippen molar-refractivity contribution in [2.24, 2.45) is 0 Å². The highest BCUT2D eigenvalue weighted by molar-refractivity contribution is 5.76. The van der Waals surface area contributed by atoms with Crippen molar-refractivity contribution in [3.63, 3.8) is 0 Å². The van der Waals surface area contributed by atoms with Crippen molar-refractivity contribution in [2.75, 3.05) is 7.11 Å². The highest BCUT2D eigenvalue weighted by Crippen LogP contribution is 2.20. The van der Waals surface area contributed by atoms with Crippen LogP contribution in [0, 0.1) is 0 Å². The molecule has 2 atom stereocenters. The third-order valence-corrected chi connectivity index (χ3v) is 3.83. The van der Waals surface area contributed by atoms with Crippen LogP contribution in [0.25, 0.3) is 0 Å². The van der Waals surface area contributed by atoms with Gasteiger partial charge in [-0.25, -0.2) is 0 Å². The maximum atomic E-state index is 11.9. The Morgan fingerprint density at radius 3 is 3.05 bits per heavy atom. The molecule has 1 fully saturated rings. The summed E-state index contributed by atoms with van der Waals surface area (Å²) in [6.45, 7) is 0.203. The van der Waals surface area contributed by atoms with E-state index in [4.69, 9.17) is 4.74 Å². The summed E-state index contributed by atoms with van der Waals surface area (Å²) >= 11 is 0. The number of methoxy groups -OCH3 is 1. The summed E-state index contributed by atoms with van der Waals surface area (Å²) in [5.41, 5.74) is -1.31. The molecule has 0 aliphatic heterocycles. The number of nitrogens with zero attached hydrogens (tertiary/aromatic N) is 1. The Morgan fingerprint density at radius 2 is 2.29 bits per heavy atom. The van der Waals surface area contributed by atoms with Gasteiger partial charge in [-0.15, -0.1) is 0 Å². The van der Waals surface area contributed by atoms with Crippen molar-refractivity contribution in [3.8, 4) is 0 Å². The number of amides is 1. The summed E-state index contributed by atoms with van der Waals surface area (Å²) < 4.78 is 6.57. The van der Waals surface area contributed by atoms with Gasteiger partial charge in [0.25, 0.3) is 0 Å². The second kappa shape index (κ2) is 7.21. The molecule has 2 N–H and O–H groups in total. The van der Waals surface area contributed by atoms with Gasteiger partial charge in [0.2, 0.25) is 5.91 Å².